The summed E-state index contributed by atoms with van der Waals surface area (Å²) in [6, 6.07) is 7.44. The van der Waals surface area contributed by atoms with Crippen molar-refractivity contribution in [3.8, 4) is 12.1 Å². The Kier molecular flexibility index (Phi) is 5.11. The summed E-state index contributed by atoms with van der Waals surface area (Å²) >= 11 is 1.29. The Labute approximate surface area is 103 Å². The molecule has 0 aliphatic heterocycles. The van der Waals surface area contributed by atoms with E-state index in [1.807, 2.05) is 12.1 Å². The summed E-state index contributed by atoms with van der Waals surface area (Å²) in [4.78, 5) is 14.3. The molecule has 88 valence electrons. The molecule has 0 spiro atoms. The summed E-state index contributed by atoms with van der Waals surface area (Å²) in [7, 11) is 0. The van der Waals surface area contributed by atoms with Crippen molar-refractivity contribution in [2.24, 2.45) is 5.84 Å². The van der Waals surface area contributed by atoms with Gasteiger partial charge < -0.3 is 0 Å². The van der Waals surface area contributed by atoms with Crippen LogP contribution in [0.25, 0.3) is 0 Å². The smallest absolute Gasteiger partial charge is 0.275 e. The lowest BCUT2D eigenvalue weighted by Gasteiger charge is -2.13. The highest BCUT2D eigenvalue weighted by molar-refractivity contribution is 7.14. The first kappa shape index (κ1) is 13.1. The first-order valence-corrected chi connectivity index (χ1v) is 5.58. The van der Waals surface area contributed by atoms with E-state index in [4.69, 9.17) is 16.4 Å². The predicted octanol–water partition coefficient (Wildman–Crippen LogP) is 0.201. The van der Waals surface area contributed by atoms with Crippen LogP contribution in [0, 0.1) is 22.7 Å². The molecule has 1 amide bonds. The van der Waals surface area contributed by atoms with E-state index in [1.165, 1.54) is 11.3 Å². The monoisotopic (exact) mass is 249 g/mol. The number of carbonyl (C=O) groups is 1. The number of rotatable bonds is 5. The van der Waals surface area contributed by atoms with E-state index in [0.717, 1.165) is 4.88 Å². The van der Waals surface area contributed by atoms with Gasteiger partial charge in [0.25, 0.3) is 5.91 Å². The van der Waals surface area contributed by atoms with Gasteiger partial charge >= 0.3 is 0 Å². The first-order valence-electron chi connectivity index (χ1n) is 4.77. The standard InChI is InChI=1S/C10H11N5OS/c11-3-5-15(6-4-12)7-8-1-2-9(17-8)10(16)14-13/h1-2H,5-7,13H2,(H,14,16). The van der Waals surface area contributed by atoms with Crippen molar-refractivity contribution in [1.29, 1.82) is 10.5 Å². The zero-order valence-corrected chi connectivity index (χ0v) is 9.83. The second kappa shape index (κ2) is 6.61. The first-order chi connectivity index (χ1) is 8.21. The van der Waals surface area contributed by atoms with Crippen molar-refractivity contribution < 1.29 is 4.79 Å². The predicted molar refractivity (Wildman–Crippen MR) is 62.5 cm³/mol. The maximum atomic E-state index is 11.2. The van der Waals surface area contributed by atoms with E-state index in [-0.39, 0.29) is 19.0 Å². The van der Waals surface area contributed by atoms with Gasteiger partial charge in [0.2, 0.25) is 0 Å². The molecular formula is C10H11N5OS. The molecule has 3 N–H and O–H groups in total. The molecular weight excluding hydrogens is 238 g/mol. The van der Waals surface area contributed by atoms with E-state index in [9.17, 15) is 4.79 Å². The highest BCUT2D eigenvalue weighted by Crippen LogP contribution is 2.17. The number of nitrogens with one attached hydrogen (secondary N) is 1. The molecule has 1 rings (SSSR count). The Bertz CT molecular complexity index is 454. The fourth-order valence-corrected chi connectivity index (χ4v) is 2.20. The highest BCUT2D eigenvalue weighted by atomic mass is 32.1. The van der Waals surface area contributed by atoms with Crippen molar-refractivity contribution in [3.05, 3.63) is 21.9 Å². The van der Waals surface area contributed by atoms with Crippen molar-refractivity contribution in [2.45, 2.75) is 6.54 Å². The normalized spacial score (nSPS) is 9.65. The molecule has 17 heavy (non-hydrogen) atoms. The summed E-state index contributed by atoms with van der Waals surface area (Å²) in [5.74, 6) is 4.68. The number of nitriles is 2. The van der Waals surface area contributed by atoms with Gasteiger partial charge in [-0.25, -0.2) is 5.84 Å². The number of hydrogen-bond donors (Lipinski definition) is 2. The summed E-state index contributed by atoms with van der Waals surface area (Å²) in [5, 5.41) is 17.2. The lowest BCUT2D eigenvalue weighted by atomic mass is 10.4. The van der Waals surface area contributed by atoms with E-state index < -0.39 is 0 Å². The molecule has 0 aliphatic rings. The second-order valence-corrected chi connectivity index (χ2v) is 4.37. The summed E-state index contributed by atoms with van der Waals surface area (Å²) in [6.45, 7) is 0.845. The maximum absolute atomic E-state index is 11.2. The van der Waals surface area contributed by atoms with Crippen LogP contribution in [0.15, 0.2) is 12.1 Å². The van der Waals surface area contributed by atoms with Gasteiger partial charge in [-0.2, -0.15) is 10.5 Å². The summed E-state index contributed by atoms with van der Waals surface area (Å²) in [6.07, 6.45) is 0. The topological polar surface area (TPSA) is 106 Å². The minimum atomic E-state index is -0.339. The third-order valence-electron chi connectivity index (χ3n) is 1.98. The Balaban J connectivity index is 2.68. The lowest BCUT2D eigenvalue weighted by molar-refractivity contribution is 0.0957. The third kappa shape index (κ3) is 3.85. The van der Waals surface area contributed by atoms with Gasteiger partial charge in [0.05, 0.1) is 30.1 Å². The molecule has 7 heteroatoms. The number of hydrogen-bond acceptors (Lipinski definition) is 6. The van der Waals surface area contributed by atoms with E-state index in [2.05, 4.69) is 5.43 Å². The number of amides is 1. The second-order valence-electron chi connectivity index (χ2n) is 3.20. The van der Waals surface area contributed by atoms with Crippen LogP contribution in [0.4, 0.5) is 0 Å². The van der Waals surface area contributed by atoms with Crippen molar-refractivity contribution in [3.63, 3.8) is 0 Å². The Hall–Kier alpha value is -1.93. The molecule has 1 aromatic rings. The minimum absolute atomic E-state index is 0.184. The van der Waals surface area contributed by atoms with Crippen LogP contribution in [0.1, 0.15) is 14.5 Å². The molecule has 0 aliphatic carbocycles. The average molecular weight is 249 g/mol. The summed E-state index contributed by atoms with van der Waals surface area (Å²) < 4.78 is 0. The van der Waals surface area contributed by atoms with Crippen LogP contribution in [0.3, 0.4) is 0 Å². The van der Waals surface area contributed by atoms with Crippen LogP contribution in [0.2, 0.25) is 0 Å². The molecule has 1 heterocycles. The van der Waals surface area contributed by atoms with Gasteiger partial charge in [-0.05, 0) is 12.1 Å². The fraction of sp³-hybridized carbons (Fsp3) is 0.300. The molecule has 0 aromatic carbocycles. The zero-order valence-electron chi connectivity index (χ0n) is 9.01. The van der Waals surface area contributed by atoms with Crippen LogP contribution in [-0.4, -0.2) is 23.9 Å². The molecule has 0 saturated heterocycles. The number of nitrogen functional groups attached to an aromatic ring is 1. The summed E-state index contributed by atoms with van der Waals surface area (Å²) in [5.41, 5.74) is 2.05. The van der Waals surface area contributed by atoms with Gasteiger partial charge in [0.15, 0.2) is 0 Å². The van der Waals surface area contributed by atoms with Crippen LogP contribution >= 0.6 is 11.3 Å². The fourth-order valence-electron chi connectivity index (χ4n) is 1.24. The molecule has 0 unspecified atom stereocenters. The van der Waals surface area contributed by atoms with Crippen molar-refractivity contribution >= 4 is 17.2 Å². The molecule has 0 radical (unpaired) electrons. The molecule has 6 nitrogen and oxygen atoms in total. The lowest BCUT2D eigenvalue weighted by Crippen LogP contribution is -2.29. The Morgan fingerprint density at radius 2 is 2.06 bits per heavy atom. The highest BCUT2D eigenvalue weighted by Gasteiger charge is 2.10. The van der Waals surface area contributed by atoms with Gasteiger partial charge in [0, 0.05) is 11.4 Å². The SMILES string of the molecule is N#CCN(CC#N)Cc1ccc(C(=O)NN)s1. The van der Waals surface area contributed by atoms with Crippen molar-refractivity contribution in [2.75, 3.05) is 13.1 Å². The molecule has 0 fully saturated rings. The van der Waals surface area contributed by atoms with E-state index >= 15 is 0 Å². The van der Waals surface area contributed by atoms with Crippen LogP contribution in [0.5, 0.6) is 0 Å². The number of nitrogens with two attached hydrogens (primary N) is 1. The number of hydrazine groups is 1. The molecule has 0 atom stereocenters. The Morgan fingerprint density at radius 3 is 2.59 bits per heavy atom. The molecule has 0 bridgehead atoms. The van der Waals surface area contributed by atoms with Gasteiger partial charge in [-0.15, -0.1) is 11.3 Å². The molecule has 0 saturated carbocycles. The minimum Gasteiger partial charge on any atom is -0.289 e. The Morgan fingerprint density at radius 1 is 1.41 bits per heavy atom. The van der Waals surface area contributed by atoms with Crippen LogP contribution in [-0.2, 0) is 6.54 Å². The van der Waals surface area contributed by atoms with E-state index in [0.29, 0.717) is 11.4 Å². The average Bonchev–Trinajstić information content (AvgIpc) is 2.77. The maximum Gasteiger partial charge on any atom is 0.275 e. The van der Waals surface area contributed by atoms with Crippen LogP contribution < -0.4 is 11.3 Å². The largest absolute Gasteiger partial charge is 0.289 e. The number of carbonyl (C=O) groups excluding carboxylic acids is 1. The number of nitrogens with zero attached hydrogens (tertiary/aromatic N) is 3. The van der Waals surface area contributed by atoms with Gasteiger partial charge in [-0.3, -0.25) is 15.1 Å². The van der Waals surface area contributed by atoms with E-state index in [1.54, 1.807) is 17.0 Å². The van der Waals surface area contributed by atoms with Gasteiger partial charge in [0.1, 0.15) is 0 Å². The quantitative estimate of drug-likeness (QED) is 0.335. The third-order valence-corrected chi connectivity index (χ3v) is 3.05. The van der Waals surface area contributed by atoms with Gasteiger partial charge in [-0.1, -0.05) is 0 Å². The molecule has 1 aromatic heterocycles. The van der Waals surface area contributed by atoms with Crippen molar-refractivity contribution in [1.82, 2.24) is 10.3 Å². The number of thiophene rings is 1. The zero-order chi connectivity index (χ0) is 12.7.